The van der Waals surface area contributed by atoms with Crippen LogP contribution in [0.5, 0.6) is 0 Å². The van der Waals surface area contributed by atoms with Crippen molar-refractivity contribution in [3.05, 3.63) is 45.9 Å². The average Bonchev–Trinajstić information content (AvgIpc) is 2.93. The van der Waals surface area contributed by atoms with Crippen LogP contribution in [0.3, 0.4) is 0 Å². The van der Waals surface area contributed by atoms with Crippen molar-refractivity contribution in [3.63, 3.8) is 0 Å². The summed E-state index contributed by atoms with van der Waals surface area (Å²) in [7, 11) is 0. The van der Waals surface area contributed by atoms with Crippen molar-refractivity contribution >= 4 is 28.9 Å². The Morgan fingerprint density at radius 3 is 2.62 bits per heavy atom. The molecule has 0 spiro atoms. The number of carboxylic acid groups (broad SMARTS) is 1. The van der Waals surface area contributed by atoms with Gasteiger partial charge in [0.1, 0.15) is 5.01 Å². The van der Waals surface area contributed by atoms with Crippen molar-refractivity contribution in [2.45, 2.75) is 25.4 Å². The first-order valence-corrected chi connectivity index (χ1v) is 7.67. The number of hydrogen-bond acceptors (Lipinski definition) is 5. The lowest BCUT2D eigenvalue weighted by Crippen LogP contribution is -2.24. The standard InChI is InChI=1S/C15H13F3N2O3S/c1-8(14-19-9(7-24-14)6-12(21)22)13(23)20-11-5-3-2-4-10(11)15(16,17)18/h2-5,7-8H,6H2,1H3,(H,20,23)(H,21,22)/p-1/t8-/m1/s1. The Morgan fingerprint density at radius 1 is 1.33 bits per heavy atom. The zero-order chi connectivity index (χ0) is 17.9. The van der Waals surface area contributed by atoms with Crippen LogP contribution in [0.15, 0.2) is 29.6 Å². The van der Waals surface area contributed by atoms with Gasteiger partial charge in [0.2, 0.25) is 5.91 Å². The number of nitrogens with zero attached hydrogens (tertiary/aromatic N) is 1. The van der Waals surface area contributed by atoms with Gasteiger partial charge in [-0.25, -0.2) is 4.98 Å². The third kappa shape index (κ3) is 4.31. The summed E-state index contributed by atoms with van der Waals surface area (Å²) in [5.41, 5.74) is -1.04. The molecule has 1 aromatic heterocycles. The van der Waals surface area contributed by atoms with Gasteiger partial charge in [0.15, 0.2) is 0 Å². The summed E-state index contributed by atoms with van der Waals surface area (Å²) in [4.78, 5) is 26.7. The fourth-order valence-electron chi connectivity index (χ4n) is 1.94. The van der Waals surface area contributed by atoms with Crippen LogP contribution in [0.25, 0.3) is 0 Å². The summed E-state index contributed by atoms with van der Waals surface area (Å²) in [6.45, 7) is 1.48. The summed E-state index contributed by atoms with van der Waals surface area (Å²) < 4.78 is 38.8. The highest BCUT2D eigenvalue weighted by molar-refractivity contribution is 7.09. The molecule has 1 atom stereocenters. The number of nitrogens with one attached hydrogen (secondary N) is 1. The first kappa shape index (κ1) is 17.9. The molecule has 0 saturated carbocycles. The number of halogens is 3. The first-order valence-electron chi connectivity index (χ1n) is 6.79. The van der Waals surface area contributed by atoms with E-state index in [0.717, 1.165) is 23.5 Å². The minimum atomic E-state index is -4.59. The van der Waals surface area contributed by atoms with Crippen LogP contribution < -0.4 is 10.4 Å². The van der Waals surface area contributed by atoms with E-state index in [4.69, 9.17) is 0 Å². The van der Waals surface area contributed by atoms with Crippen molar-refractivity contribution in [1.29, 1.82) is 0 Å². The van der Waals surface area contributed by atoms with Crippen molar-refractivity contribution in [2.75, 3.05) is 5.32 Å². The number of aliphatic carboxylic acids is 1. The van der Waals surface area contributed by atoms with Gasteiger partial charge in [0, 0.05) is 17.8 Å². The molecule has 0 saturated heterocycles. The molecule has 0 aliphatic rings. The minimum Gasteiger partial charge on any atom is -0.550 e. The van der Waals surface area contributed by atoms with Crippen LogP contribution in [0.2, 0.25) is 0 Å². The Kier molecular flexibility index (Phi) is 5.23. The molecule has 2 rings (SSSR count). The van der Waals surface area contributed by atoms with Gasteiger partial charge in [0.25, 0.3) is 0 Å². The van der Waals surface area contributed by atoms with Crippen LogP contribution in [-0.4, -0.2) is 16.9 Å². The highest BCUT2D eigenvalue weighted by Crippen LogP contribution is 2.35. The van der Waals surface area contributed by atoms with Gasteiger partial charge in [-0.2, -0.15) is 13.2 Å². The number of carbonyl (C=O) groups is 2. The largest absolute Gasteiger partial charge is 0.550 e. The van der Waals surface area contributed by atoms with Crippen molar-refractivity contribution < 1.29 is 27.9 Å². The van der Waals surface area contributed by atoms with Crippen LogP contribution in [0.1, 0.15) is 29.1 Å². The molecule has 0 bridgehead atoms. The normalized spacial score (nSPS) is 12.7. The third-order valence-electron chi connectivity index (χ3n) is 3.15. The SMILES string of the molecule is C[C@H](C(=O)Nc1ccccc1C(F)(F)F)c1nc(CC(=O)[O-])cs1. The summed E-state index contributed by atoms with van der Waals surface area (Å²) in [6, 6.07) is 4.66. The van der Waals surface area contributed by atoms with E-state index in [2.05, 4.69) is 10.3 Å². The monoisotopic (exact) mass is 357 g/mol. The highest BCUT2D eigenvalue weighted by atomic mass is 32.1. The molecule has 0 aliphatic carbocycles. The molecular weight excluding hydrogens is 345 g/mol. The van der Waals surface area contributed by atoms with Crippen molar-refractivity contribution in [3.8, 4) is 0 Å². The van der Waals surface area contributed by atoms with Gasteiger partial charge in [-0.3, -0.25) is 4.79 Å². The van der Waals surface area contributed by atoms with E-state index in [0.29, 0.717) is 5.01 Å². The maximum absolute atomic E-state index is 12.9. The number of para-hydroxylation sites is 1. The zero-order valence-electron chi connectivity index (χ0n) is 12.4. The summed E-state index contributed by atoms with van der Waals surface area (Å²) >= 11 is 1.06. The van der Waals surface area contributed by atoms with E-state index in [1.165, 1.54) is 24.4 Å². The summed E-state index contributed by atoms with van der Waals surface area (Å²) in [5, 5.41) is 14.6. The van der Waals surface area contributed by atoms with E-state index in [-0.39, 0.29) is 17.8 Å². The van der Waals surface area contributed by atoms with Crippen LogP contribution >= 0.6 is 11.3 Å². The van der Waals surface area contributed by atoms with E-state index in [9.17, 15) is 27.9 Å². The third-order valence-corrected chi connectivity index (χ3v) is 4.23. The van der Waals surface area contributed by atoms with Crippen LogP contribution in [0, 0.1) is 0 Å². The molecule has 0 fully saturated rings. The molecule has 0 aliphatic heterocycles. The number of anilines is 1. The van der Waals surface area contributed by atoms with Gasteiger partial charge in [-0.15, -0.1) is 11.3 Å². The predicted octanol–water partition coefficient (Wildman–Crippen LogP) is 2.20. The van der Waals surface area contributed by atoms with Crippen molar-refractivity contribution in [1.82, 2.24) is 4.98 Å². The Bertz CT molecular complexity index is 758. The van der Waals surface area contributed by atoms with E-state index < -0.39 is 29.5 Å². The molecule has 24 heavy (non-hydrogen) atoms. The minimum absolute atomic E-state index is 0.241. The second kappa shape index (κ2) is 7.00. The fourth-order valence-corrected chi connectivity index (χ4v) is 2.82. The number of thiazole rings is 1. The Hall–Kier alpha value is -2.42. The number of hydrogen-bond donors (Lipinski definition) is 1. The maximum Gasteiger partial charge on any atom is 0.418 e. The van der Waals surface area contributed by atoms with Crippen molar-refractivity contribution in [2.24, 2.45) is 0 Å². The van der Waals surface area contributed by atoms with Gasteiger partial charge in [0.05, 0.1) is 22.9 Å². The zero-order valence-corrected chi connectivity index (χ0v) is 13.2. The number of aromatic nitrogens is 1. The Labute approximate surface area is 139 Å². The lowest BCUT2D eigenvalue weighted by Gasteiger charge is -2.15. The summed E-state index contributed by atoms with van der Waals surface area (Å²) in [6.07, 6.45) is -4.97. The first-order chi connectivity index (χ1) is 11.2. The predicted molar refractivity (Wildman–Crippen MR) is 79.3 cm³/mol. The maximum atomic E-state index is 12.9. The molecular formula is C15H12F3N2O3S-. The smallest absolute Gasteiger partial charge is 0.418 e. The topological polar surface area (TPSA) is 82.1 Å². The molecule has 0 radical (unpaired) electrons. The fraction of sp³-hybridized carbons (Fsp3) is 0.267. The molecule has 128 valence electrons. The van der Waals surface area contributed by atoms with Gasteiger partial charge in [-0.05, 0) is 19.1 Å². The lowest BCUT2D eigenvalue weighted by atomic mass is 10.1. The molecule has 1 N–H and O–H groups in total. The van der Waals surface area contributed by atoms with E-state index in [1.807, 2.05) is 0 Å². The average molecular weight is 357 g/mol. The van der Waals surface area contributed by atoms with Gasteiger partial charge < -0.3 is 15.2 Å². The van der Waals surface area contributed by atoms with Gasteiger partial charge in [-0.1, -0.05) is 12.1 Å². The Balaban J connectivity index is 2.15. The highest BCUT2D eigenvalue weighted by Gasteiger charge is 2.34. The lowest BCUT2D eigenvalue weighted by molar-refractivity contribution is -0.304. The summed E-state index contributed by atoms with van der Waals surface area (Å²) in [5.74, 6) is -2.80. The number of rotatable bonds is 5. The molecule has 1 heterocycles. The number of carboxylic acids is 1. The van der Waals surface area contributed by atoms with Gasteiger partial charge >= 0.3 is 6.18 Å². The second-order valence-corrected chi connectivity index (χ2v) is 5.87. The van der Waals surface area contributed by atoms with Crippen LogP contribution in [0.4, 0.5) is 18.9 Å². The molecule has 2 aromatic rings. The number of benzene rings is 1. The van der Waals surface area contributed by atoms with E-state index >= 15 is 0 Å². The second-order valence-electron chi connectivity index (χ2n) is 4.98. The number of alkyl halides is 3. The molecule has 5 nitrogen and oxygen atoms in total. The Morgan fingerprint density at radius 2 is 2.00 bits per heavy atom. The quantitative estimate of drug-likeness (QED) is 0.889. The van der Waals surface area contributed by atoms with E-state index in [1.54, 1.807) is 0 Å². The molecule has 0 unspecified atom stereocenters. The number of amides is 1. The van der Waals surface area contributed by atoms with Crippen LogP contribution in [-0.2, 0) is 22.2 Å². The molecule has 1 aromatic carbocycles. The number of carbonyl (C=O) groups excluding carboxylic acids is 2. The molecule has 1 amide bonds. The molecule has 9 heteroatoms.